The smallest absolute Gasteiger partial charge is 0.119 e. The summed E-state index contributed by atoms with van der Waals surface area (Å²) in [6, 6.07) is 25.6. The SMILES string of the molecule is COc1ccc(CN2CCC(COc3ccc(-c4ccc(SC)cc4)cc3)CC2)cc1. The minimum Gasteiger partial charge on any atom is -0.497 e. The van der Waals surface area contributed by atoms with Gasteiger partial charge < -0.3 is 9.47 Å². The molecule has 3 nitrogen and oxygen atoms in total. The van der Waals surface area contributed by atoms with Gasteiger partial charge in [0.05, 0.1) is 13.7 Å². The van der Waals surface area contributed by atoms with Gasteiger partial charge >= 0.3 is 0 Å². The Morgan fingerprint density at radius 1 is 0.806 bits per heavy atom. The molecule has 3 aromatic rings. The number of benzene rings is 3. The lowest BCUT2D eigenvalue weighted by Gasteiger charge is -2.31. The van der Waals surface area contributed by atoms with Crippen LogP contribution in [0.25, 0.3) is 11.1 Å². The Kier molecular flexibility index (Phi) is 7.55. The summed E-state index contributed by atoms with van der Waals surface area (Å²) in [6.45, 7) is 4.07. The van der Waals surface area contributed by atoms with Crippen LogP contribution in [-0.4, -0.2) is 38.0 Å². The van der Waals surface area contributed by atoms with Crippen LogP contribution in [0.15, 0.2) is 77.7 Å². The minimum absolute atomic E-state index is 0.630. The summed E-state index contributed by atoms with van der Waals surface area (Å²) < 4.78 is 11.4. The van der Waals surface area contributed by atoms with Crippen LogP contribution in [0.3, 0.4) is 0 Å². The molecule has 0 aromatic heterocycles. The van der Waals surface area contributed by atoms with Gasteiger partial charge in [-0.2, -0.15) is 0 Å². The summed E-state index contributed by atoms with van der Waals surface area (Å²) in [6.07, 6.45) is 4.48. The first-order valence-electron chi connectivity index (χ1n) is 11.0. The Balaban J connectivity index is 1.22. The van der Waals surface area contributed by atoms with Crippen molar-refractivity contribution in [3.8, 4) is 22.6 Å². The van der Waals surface area contributed by atoms with Crippen LogP contribution in [0.2, 0.25) is 0 Å². The molecule has 3 aromatic carbocycles. The molecule has 1 aliphatic heterocycles. The third-order valence-electron chi connectivity index (χ3n) is 6.04. The molecule has 1 saturated heterocycles. The van der Waals surface area contributed by atoms with Crippen molar-refractivity contribution < 1.29 is 9.47 Å². The number of likely N-dealkylation sites (tertiary alicyclic amines) is 1. The fraction of sp³-hybridized carbons (Fsp3) is 0.333. The van der Waals surface area contributed by atoms with Gasteiger partial charge in [-0.3, -0.25) is 4.90 Å². The van der Waals surface area contributed by atoms with Crippen molar-refractivity contribution >= 4 is 11.8 Å². The predicted octanol–water partition coefficient (Wildman–Crippen LogP) is 6.38. The topological polar surface area (TPSA) is 21.7 Å². The minimum atomic E-state index is 0.630. The van der Waals surface area contributed by atoms with E-state index >= 15 is 0 Å². The Hall–Kier alpha value is -2.43. The summed E-state index contributed by atoms with van der Waals surface area (Å²) >= 11 is 1.77. The lowest BCUT2D eigenvalue weighted by molar-refractivity contribution is 0.136. The number of ether oxygens (including phenoxy) is 2. The molecule has 162 valence electrons. The molecule has 1 aliphatic rings. The van der Waals surface area contributed by atoms with Gasteiger partial charge in [-0.1, -0.05) is 36.4 Å². The molecule has 4 rings (SSSR count). The van der Waals surface area contributed by atoms with Gasteiger partial charge in [-0.05, 0) is 91.2 Å². The third-order valence-corrected chi connectivity index (χ3v) is 6.78. The number of nitrogens with zero attached hydrogens (tertiary/aromatic N) is 1. The molecule has 0 unspecified atom stereocenters. The zero-order chi connectivity index (χ0) is 21.5. The van der Waals surface area contributed by atoms with Gasteiger partial charge in [-0.15, -0.1) is 11.8 Å². The molecule has 1 fully saturated rings. The lowest BCUT2D eigenvalue weighted by Crippen LogP contribution is -2.35. The fourth-order valence-corrected chi connectivity index (χ4v) is 4.45. The van der Waals surface area contributed by atoms with Crippen molar-refractivity contribution in [3.63, 3.8) is 0 Å². The zero-order valence-electron chi connectivity index (χ0n) is 18.4. The van der Waals surface area contributed by atoms with Crippen molar-refractivity contribution in [2.75, 3.05) is 33.1 Å². The molecule has 4 heteroatoms. The van der Waals surface area contributed by atoms with E-state index in [2.05, 4.69) is 71.8 Å². The molecule has 0 atom stereocenters. The second kappa shape index (κ2) is 10.7. The molecule has 0 radical (unpaired) electrons. The molecule has 0 bridgehead atoms. The highest BCUT2D eigenvalue weighted by atomic mass is 32.2. The second-order valence-electron chi connectivity index (χ2n) is 8.13. The van der Waals surface area contributed by atoms with Crippen molar-refractivity contribution in [3.05, 3.63) is 78.4 Å². The molecular weight excluding hydrogens is 402 g/mol. The third kappa shape index (κ3) is 6.05. The van der Waals surface area contributed by atoms with Crippen molar-refractivity contribution in [1.29, 1.82) is 0 Å². The van der Waals surface area contributed by atoms with Crippen LogP contribution in [-0.2, 0) is 6.54 Å². The van der Waals surface area contributed by atoms with Gasteiger partial charge in [0, 0.05) is 11.4 Å². The molecule has 0 saturated carbocycles. The Morgan fingerprint density at radius 3 is 1.97 bits per heavy atom. The molecule has 0 spiro atoms. The highest BCUT2D eigenvalue weighted by Crippen LogP contribution is 2.26. The van der Waals surface area contributed by atoms with Gasteiger partial charge in [0.2, 0.25) is 0 Å². The normalized spacial score (nSPS) is 15.0. The fourth-order valence-electron chi connectivity index (χ4n) is 4.04. The van der Waals surface area contributed by atoms with Crippen LogP contribution in [0.4, 0.5) is 0 Å². The summed E-state index contributed by atoms with van der Waals surface area (Å²) in [5.41, 5.74) is 3.82. The van der Waals surface area contributed by atoms with E-state index in [-0.39, 0.29) is 0 Å². The molecule has 1 heterocycles. The molecule has 0 N–H and O–H groups in total. The second-order valence-corrected chi connectivity index (χ2v) is 9.01. The maximum Gasteiger partial charge on any atom is 0.119 e. The lowest BCUT2D eigenvalue weighted by atomic mass is 9.97. The summed E-state index contributed by atoms with van der Waals surface area (Å²) in [4.78, 5) is 3.83. The van der Waals surface area contributed by atoms with Gasteiger partial charge in [0.25, 0.3) is 0 Å². The number of piperidine rings is 1. The number of thioether (sulfide) groups is 1. The van der Waals surface area contributed by atoms with Crippen LogP contribution in [0.1, 0.15) is 18.4 Å². The molecule has 0 amide bonds. The summed E-state index contributed by atoms with van der Waals surface area (Å²) in [5, 5.41) is 0. The van der Waals surface area contributed by atoms with Crippen molar-refractivity contribution in [1.82, 2.24) is 4.90 Å². The molecule has 0 aliphatic carbocycles. The number of hydrogen-bond donors (Lipinski definition) is 0. The van der Waals surface area contributed by atoms with E-state index in [1.807, 2.05) is 12.1 Å². The highest BCUT2D eigenvalue weighted by molar-refractivity contribution is 7.98. The van der Waals surface area contributed by atoms with Gasteiger partial charge in [-0.25, -0.2) is 0 Å². The van der Waals surface area contributed by atoms with Crippen LogP contribution in [0.5, 0.6) is 11.5 Å². The predicted molar refractivity (Wildman–Crippen MR) is 130 cm³/mol. The zero-order valence-corrected chi connectivity index (χ0v) is 19.2. The monoisotopic (exact) mass is 433 g/mol. The highest BCUT2D eigenvalue weighted by Gasteiger charge is 2.20. The Bertz CT molecular complexity index is 930. The first-order chi connectivity index (χ1) is 15.2. The first kappa shape index (κ1) is 21.8. The van der Waals surface area contributed by atoms with Crippen molar-refractivity contribution in [2.24, 2.45) is 5.92 Å². The van der Waals surface area contributed by atoms with Crippen LogP contribution < -0.4 is 9.47 Å². The van der Waals surface area contributed by atoms with Crippen LogP contribution >= 0.6 is 11.8 Å². The Morgan fingerprint density at radius 2 is 1.39 bits per heavy atom. The maximum absolute atomic E-state index is 6.12. The van der Waals surface area contributed by atoms with E-state index < -0.39 is 0 Å². The van der Waals surface area contributed by atoms with Crippen LogP contribution in [0, 0.1) is 5.92 Å². The van der Waals surface area contributed by atoms with E-state index in [4.69, 9.17) is 9.47 Å². The maximum atomic E-state index is 6.12. The van der Waals surface area contributed by atoms with Gasteiger partial charge in [0.1, 0.15) is 11.5 Å². The quantitative estimate of drug-likeness (QED) is 0.385. The average Bonchev–Trinajstić information content (AvgIpc) is 2.84. The number of hydrogen-bond acceptors (Lipinski definition) is 4. The van der Waals surface area contributed by atoms with E-state index in [0.717, 1.165) is 37.7 Å². The van der Waals surface area contributed by atoms with Crippen molar-refractivity contribution in [2.45, 2.75) is 24.3 Å². The Labute approximate surface area is 190 Å². The van der Waals surface area contributed by atoms with Gasteiger partial charge in [0.15, 0.2) is 0 Å². The number of methoxy groups -OCH3 is 1. The summed E-state index contributed by atoms with van der Waals surface area (Å²) in [7, 11) is 1.71. The molecule has 31 heavy (non-hydrogen) atoms. The van der Waals surface area contributed by atoms with E-state index in [9.17, 15) is 0 Å². The number of rotatable bonds is 8. The van der Waals surface area contributed by atoms with E-state index in [1.165, 1.54) is 34.4 Å². The standard InChI is InChI=1S/C27H31NO2S/c1-29-25-9-3-21(4-10-25)19-28-17-15-22(16-18-28)20-30-26-11-5-23(6-12-26)24-7-13-27(31-2)14-8-24/h3-14,22H,15-20H2,1-2H3. The first-order valence-corrected chi connectivity index (χ1v) is 12.2. The molecular formula is C27H31NO2S. The van der Waals surface area contributed by atoms with E-state index in [0.29, 0.717) is 5.92 Å². The average molecular weight is 434 g/mol. The largest absolute Gasteiger partial charge is 0.497 e. The van der Waals surface area contributed by atoms with E-state index in [1.54, 1.807) is 18.9 Å². The summed E-state index contributed by atoms with van der Waals surface area (Å²) in [5.74, 6) is 2.51.